The van der Waals surface area contributed by atoms with Crippen LogP contribution >= 0.6 is 22.9 Å². The fourth-order valence-electron chi connectivity index (χ4n) is 4.65. The van der Waals surface area contributed by atoms with E-state index < -0.39 is 0 Å². The number of aliphatic hydroxyl groups is 1. The molecule has 0 saturated carbocycles. The predicted molar refractivity (Wildman–Crippen MR) is 108 cm³/mol. The van der Waals surface area contributed by atoms with E-state index >= 15 is 0 Å². The first kappa shape index (κ1) is 17.3. The van der Waals surface area contributed by atoms with Crippen molar-refractivity contribution in [2.24, 2.45) is 11.3 Å². The molecule has 27 heavy (non-hydrogen) atoms. The molecule has 5 nitrogen and oxygen atoms in total. The van der Waals surface area contributed by atoms with Crippen LogP contribution in [-0.4, -0.2) is 58.0 Å². The Morgan fingerprint density at radius 2 is 2.15 bits per heavy atom. The van der Waals surface area contributed by atoms with Gasteiger partial charge in [0.15, 0.2) is 0 Å². The summed E-state index contributed by atoms with van der Waals surface area (Å²) in [5.74, 6) is 0.424. The average Bonchev–Trinajstić information content (AvgIpc) is 3.44. The second-order valence-corrected chi connectivity index (χ2v) is 9.53. The van der Waals surface area contributed by atoms with E-state index in [2.05, 4.69) is 21.4 Å². The summed E-state index contributed by atoms with van der Waals surface area (Å²) in [6.45, 7) is 4.13. The minimum Gasteiger partial charge on any atom is -0.396 e. The predicted octanol–water partition coefficient (Wildman–Crippen LogP) is 2.92. The number of amides is 1. The smallest absolute Gasteiger partial charge is 0.255 e. The van der Waals surface area contributed by atoms with Crippen molar-refractivity contribution < 1.29 is 9.90 Å². The molecule has 0 bridgehead atoms. The maximum atomic E-state index is 13.2. The molecule has 2 unspecified atom stereocenters. The average molecular weight is 400 g/mol. The summed E-state index contributed by atoms with van der Waals surface area (Å²) in [6.07, 6.45) is 1.84. The van der Waals surface area contributed by atoms with Gasteiger partial charge in [-0.15, -0.1) is 11.3 Å². The van der Waals surface area contributed by atoms with Crippen molar-refractivity contribution in [1.82, 2.24) is 14.2 Å². The maximum Gasteiger partial charge on any atom is 0.255 e. The number of rotatable bonds is 4. The van der Waals surface area contributed by atoms with Gasteiger partial charge in [0.05, 0.1) is 12.2 Å². The zero-order valence-electron chi connectivity index (χ0n) is 14.9. The number of nitrogens with zero attached hydrogens (tertiary/aromatic N) is 3. The summed E-state index contributed by atoms with van der Waals surface area (Å²) in [7, 11) is 0. The highest BCUT2D eigenvalue weighted by Gasteiger charge is 2.53. The number of hydrogen-bond donors (Lipinski definition) is 1. The second-order valence-electron chi connectivity index (χ2n) is 7.70. The first-order valence-corrected chi connectivity index (χ1v) is 10.8. The van der Waals surface area contributed by atoms with Gasteiger partial charge in [-0.3, -0.25) is 9.69 Å². The van der Waals surface area contributed by atoms with Crippen LogP contribution in [0.2, 0.25) is 0 Å². The lowest BCUT2D eigenvalue weighted by Gasteiger charge is -2.27. The van der Waals surface area contributed by atoms with Crippen LogP contribution in [0.3, 0.4) is 0 Å². The Morgan fingerprint density at radius 1 is 1.26 bits per heavy atom. The minimum atomic E-state index is -0.202. The van der Waals surface area contributed by atoms with Crippen molar-refractivity contribution in [1.29, 1.82) is 0 Å². The van der Waals surface area contributed by atoms with E-state index in [0.29, 0.717) is 12.5 Å². The lowest BCUT2D eigenvalue weighted by Crippen LogP contribution is -2.38. The van der Waals surface area contributed by atoms with Crippen LogP contribution in [0, 0.1) is 11.3 Å². The largest absolute Gasteiger partial charge is 0.396 e. The normalized spacial score (nSPS) is 25.4. The Labute approximate surface area is 166 Å². The molecule has 1 amide bonds. The molecule has 5 rings (SSSR count). The summed E-state index contributed by atoms with van der Waals surface area (Å²) < 4.78 is 5.32. The number of benzene rings is 1. The van der Waals surface area contributed by atoms with Crippen LogP contribution in [0.5, 0.6) is 0 Å². The Hall–Kier alpha value is -1.80. The number of hydrogen-bond acceptors (Lipinski definition) is 6. The van der Waals surface area contributed by atoms with Gasteiger partial charge in [-0.1, -0.05) is 18.2 Å². The molecule has 2 aliphatic rings. The van der Waals surface area contributed by atoms with Crippen molar-refractivity contribution in [3.63, 3.8) is 0 Å². The molecule has 140 valence electrons. The SMILES string of the molecule is O=C(c1csc2ccccc12)N1CC2CN(Cc3ccns3)CC2(CO)C1. The summed E-state index contributed by atoms with van der Waals surface area (Å²) in [6, 6.07) is 10.1. The molecular weight excluding hydrogens is 378 g/mol. The van der Waals surface area contributed by atoms with Gasteiger partial charge in [-0.25, -0.2) is 4.37 Å². The molecule has 2 saturated heterocycles. The molecular formula is C20H21N3O2S2. The van der Waals surface area contributed by atoms with Crippen LogP contribution in [-0.2, 0) is 6.54 Å². The van der Waals surface area contributed by atoms with E-state index in [4.69, 9.17) is 0 Å². The number of likely N-dealkylation sites (tertiary alicyclic amines) is 2. The van der Waals surface area contributed by atoms with Gasteiger partial charge in [0.2, 0.25) is 0 Å². The van der Waals surface area contributed by atoms with E-state index in [9.17, 15) is 9.90 Å². The third kappa shape index (κ3) is 2.89. The Bertz CT molecular complexity index is 971. The van der Waals surface area contributed by atoms with Crippen molar-refractivity contribution in [2.45, 2.75) is 6.54 Å². The summed E-state index contributed by atoms with van der Waals surface area (Å²) in [4.78, 5) is 18.8. The van der Waals surface area contributed by atoms with Gasteiger partial charge < -0.3 is 10.0 Å². The van der Waals surface area contributed by atoms with Gasteiger partial charge in [0.25, 0.3) is 5.91 Å². The molecule has 2 atom stereocenters. The van der Waals surface area contributed by atoms with Gasteiger partial charge in [0, 0.05) is 64.7 Å². The zero-order valence-corrected chi connectivity index (χ0v) is 16.5. The Kier molecular flexibility index (Phi) is 4.27. The van der Waals surface area contributed by atoms with Gasteiger partial charge in [-0.05, 0) is 29.6 Å². The van der Waals surface area contributed by atoms with Crippen LogP contribution < -0.4 is 0 Å². The van der Waals surface area contributed by atoms with E-state index in [1.54, 1.807) is 11.3 Å². The quantitative estimate of drug-likeness (QED) is 0.733. The molecule has 0 spiro atoms. The molecule has 0 aliphatic carbocycles. The van der Waals surface area contributed by atoms with Crippen LogP contribution in [0.1, 0.15) is 15.2 Å². The van der Waals surface area contributed by atoms with E-state index in [1.165, 1.54) is 16.4 Å². The Morgan fingerprint density at radius 3 is 2.93 bits per heavy atom. The first-order valence-electron chi connectivity index (χ1n) is 9.17. The standard InChI is InChI=1S/C20H21N3O2S2/c24-13-20-11-22(9-15-5-6-21-27-15)7-14(20)8-23(12-20)19(25)17-10-26-18-4-2-1-3-16(17)18/h1-6,10,14,24H,7-9,11-13H2. The number of aliphatic hydroxyl groups excluding tert-OH is 1. The van der Waals surface area contributed by atoms with E-state index in [-0.39, 0.29) is 17.9 Å². The molecule has 1 aromatic carbocycles. The van der Waals surface area contributed by atoms with Crippen molar-refractivity contribution in [2.75, 3.05) is 32.8 Å². The topological polar surface area (TPSA) is 56.7 Å². The monoisotopic (exact) mass is 399 g/mol. The number of carbonyl (C=O) groups excluding carboxylic acids is 1. The van der Waals surface area contributed by atoms with Crippen molar-refractivity contribution in [3.8, 4) is 0 Å². The molecule has 3 aromatic rings. The van der Waals surface area contributed by atoms with Gasteiger partial charge >= 0.3 is 0 Å². The molecule has 2 aromatic heterocycles. The molecule has 7 heteroatoms. The number of fused-ring (bicyclic) bond motifs is 2. The number of aromatic nitrogens is 1. The highest BCUT2D eigenvalue weighted by Crippen LogP contribution is 2.43. The van der Waals surface area contributed by atoms with E-state index in [0.717, 1.165) is 41.8 Å². The van der Waals surface area contributed by atoms with Gasteiger partial charge in [-0.2, -0.15) is 0 Å². The molecule has 1 N–H and O–H groups in total. The lowest BCUT2D eigenvalue weighted by atomic mass is 9.82. The molecule has 0 radical (unpaired) electrons. The third-order valence-corrected chi connectivity index (χ3v) is 7.70. The summed E-state index contributed by atoms with van der Waals surface area (Å²) >= 11 is 3.15. The van der Waals surface area contributed by atoms with Gasteiger partial charge in [0.1, 0.15) is 0 Å². The van der Waals surface area contributed by atoms with Crippen molar-refractivity contribution >= 4 is 38.9 Å². The highest BCUT2D eigenvalue weighted by molar-refractivity contribution is 7.17. The fourth-order valence-corrected chi connectivity index (χ4v) is 6.20. The second kappa shape index (κ2) is 6.67. The number of thiophene rings is 1. The Balaban J connectivity index is 1.34. The summed E-state index contributed by atoms with van der Waals surface area (Å²) in [5.41, 5.74) is 0.594. The molecule has 4 heterocycles. The zero-order chi connectivity index (χ0) is 18.4. The minimum absolute atomic E-state index is 0.101. The molecule has 2 fully saturated rings. The maximum absolute atomic E-state index is 13.2. The third-order valence-electron chi connectivity index (χ3n) is 6.01. The fraction of sp³-hybridized carbons (Fsp3) is 0.400. The molecule has 2 aliphatic heterocycles. The number of carbonyl (C=O) groups is 1. The van der Waals surface area contributed by atoms with Crippen LogP contribution in [0.25, 0.3) is 10.1 Å². The van der Waals surface area contributed by atoms with Crippen molar-refractivity contribution in [3.05, 3.63) is 52.3 Å². The van der Waals surface area contributed by atoms with Crippen LogP contribution in [0.4, 0.5) is 0 Å². The lowest BCUT2D eigenvalue weighted by molar-refractivity contribution is 0.0721. The first-order chi connectivity index (χ1) is 13.2. The van der Waals surface area contributed by atoms with Crippen LogP contribution in [0.15, 0.2) is 41.9 Å². The van der Waals surface area contributed by atoms with E-state index in [1.807, 2.05) is 34.7 Å². The summed E-state index contributed by atoms with van der Waals surface area (Å²) in [5, 5.41) is 13.2. The highest BCUT2D eigenvalue weighted by atomic mass is 32.1.